The molecule has 1 aliphatic heterocycles. The molecular formula is C12H20O4. The molecule has 0 aromatic carbocycles. The van der Waals surface area contributed by atoms with Crippen molar-refractivity contribution in [2.75, 3.05) is 7.11 Å². The first kappa shape index (κ1) is 13.2. The normalized spacial score (nSPS) is 29.1. The van der Waals surface area contributed by atoms with E-state index in [9.17, 15) is 4.79 Å². The second-order valence-corrected chi connectivity index (χ2v) is 3.88. The molecule has 0 amide bonds. The maximum absolute atomic E-state index is 10.9. The van der Waals surface area contributed by atoms with Crippen molar-refractivity contribution in [1.82, 2.24) is 0 Å². The lowest BCUT2D eigenvalue weighted by Crippen LogP contribution is -2.38. The minimum absolute atomic E-state index is 0.0983. The van der Waals surface area contributed by atoms with E-state index >= 15 is 0 Å². The largest absolute Gasteiger partial charge is 0.456 e. The van der Waals surface area contributed by atoms with Crippen molar-refractivity contribution in [1.29, 1.82) is 0 Å². The Balaban J connectivity index is 2.58. The molecule has 92 valence electrons. The van der Waals surface area contributed by atoms with Crippen molar-refractivity contribution >= 4 is 5.97 Å². The topological polar surface area (TPSA) is 44.8 Å². The zero-order valence-corrected chi connectivity index (χ0v) is 10.1. The number of rotatable bonds is 5. The maximum atomic E-state index is 10.9. The summed E-state index contributed by atoms with van der Waals surface area (Å²) in [5.74, 6) is -0.282. The van der Waals surface area contributed by atoms with E-state index in [-0.39, 0.29) is 24.5 Å². The van der Waals surface area contributed by atoms with E-state index in [4.69, 9.17) is 14.2 Å². The Morgan fingerprint density at radius 3 is 2.75 bits per heavy atom. The summed E-state index contributed by atoms with van der Waals surface area (Å²) in [6.45, 7) is 3.53. The van der Waals surface area contributed by atoms with Crippen LogP contribution in [0.1, 0.15) is 33.1 Å². The lowest BCUT2D eigenvalue weighted by Gasteiger charge is -2.31. The van der Waals surface area contributed by atoms with Gasteiger partial charge in [-0.3, -0.25) is 4.79 Å². The van der Waals surface area contributed by atoms with Gasteiger partial charge in [0.25, 0.3) is 0 Å². The molecule has 0 spiro atoms. The van der Waals surface area contributed by atoms with E-state index in [1.807, 2.05) is 6.08 Å². The SMILES string of the molecule is CCCC[C@H]1O[C@H](OC)C=C[C@H]1OC(C)=O. The average Bonchev–Trinajstić information content (AvgIpc) is 2.27. The second kappa shape index (κ2) is 6.66. The summed E-state index contributed by atoms with van der Waals surface area (Å²) in [5, 5.41) is 0. The standard InChI is InChI=1S/C12H20O4/c1-4-5-6-10-11(15-9(2)13)7-8-12(14-3)16-10/h7-8,10-12H,4-6H2,1-3H3/t10-,11-,12+/m1/s1. The quantitative estimate of drug-likeness (QED) is 0.533. The van der Waals surface area contributed by atoms with Gasteiger partial charge in [0.1, 0.15) is 12.2 Å². The van der Waals surface area contributed by atoms with E-state index in [2.05, 4.69) is 6.92 Å². The van der Waals surface area contributed by atoms with Crippen LogP contribution in [0.4, 0.5) is 0 Å². The van der Waals surface area contributed by atoms with Crippen LogP contribution in [0.2, 0.25) is 0 Å². The highest BCUT2D eigenvalue weighted by atomic mass is 16.7. The number of hydrogen-bond acceptors (Lipinski definition) is 4. The van der Waals surface area contributed by atoms with E-state index < -0.39 is 0 Å². The third kappa shape index (κ3) is 3.94. The predicted octanol–water partition coefficient (Wildman–Crippen LogP) is 2.04. The van der Waals surface area contributed by atoms with Gasteiger partial charge in [-0.05, 0) is 18.6 Å². The molecule has 4 nitrogen and oxygen atoms in total. The molecule has 0 unspecified atom stereocenters. The minimum atomic E-state index is -0.325. The third-order valence-corrected chi connectivity index (χ3v) is 2.51. The second-order valence-electron chi connectivity index (χ2n) is 3.88. The number of esters is 1. The number of carbonyl (C=O) groups is 1. The molecule has 0 saturated heterocycles. The number of unbranched alkanes of at least 4 members (excludes halogenated alkanes) is 1. The van der Waals surface area contributed by atoms with Gasteiger partial charge in [-0.2, -0.15) is 0 Å². The van der Waals surface area contributed by atoms with Crippen molar-refractivity contribution in [2.45, 2.75) is 51.6 Å². The highest BCUT2D eigenvalue weighted by Crippen LogP contribution is 2.21. The predicted molar refractivity (Wildman–Crippen MR) is 59.9 cm³/mol. The van der Waals surface area contributed by atoms with Crippen LogP contribution < -0.4 is 0 Å². The molecule has 0 fully saturated rings. The van der Waals surface area contributed by atoms with Crippen molar-refractivity contribution in [3.05, 3.63) is 12.2 Å². The van der Waals surface area contributed by atoms with Gasteiger partial charge in [0.05, 0.1) is 0 Å². The molecule has 0 N–H and O–H groups in total. The maximum Gasteiger partial charge on any atom is 0.303 e. The summed E-state index contributed by atoms with van der Waals surface area (Å²) in [5.41, 5.74) is 0. The lowest BCUT2D eigenvalue weighted by atomic mass is 10.0. The van der Waals surface area contributed by atoms with E-state index in [1.165, 1.54) is 6.92 Å². The Hall–Kier alpha value is -0.870. The first-order valence-electron chi connectivity index (χ1n) is 5.71. The third-order valence-electron chi connectivity index (χ3n) is 2.51. The van der Waals surface area contributed by atoms with Crippen molar-refractivity contribution in [3.8, 4) is 0 Å². The molecule has 3 atom stereocenters. The van der Waals surface area contributed by atoms with Crippen LogP contribution in [0.3, 0.4) is 0 Å². The average molecular weight is 228 g/mol. The van der Waals surface area contributed by atoms with E-state index in [1.54, 1.807) is 13.2 Å². The van der Waals surface area contributed by atoms with Gasteiger partial charge >= 0.3 is 5.97 Å². The smallest absolute Gasteiger partial charge is 0.303 e. The molecular weight excluding hydrogens is 208 g/mol. The van der Waals surface area contributed by atoms with Gasteiger partial charge in [0.15, 0.2) is 6.29 Å². The molecule has 1 aliphatic rings. The molecule has 0 saturated carbocycles. The van der Waals surface area contributed by atoms with Gasteiger partial charge in [0, 0.05) is 14.0 Å². The number of carbonyl (C=O) groups excluding carboxylic acids is 1. The molecule has 0 aromatic heterocycles. The molecule has 0 bridgehead atoms. The van der Waals surface area contributed by atoms with E-state index in [0.717, 1.165) is 19.3 Å². The van der Waals surface area contributed by atoms with Crippen LogP contribution in [0.15, 0.2) is 12.2 Å². The van der Waals surface area contributed by atoms with Crippen molar-refractivity contribution in [3.63, 3.8) is 0 Å². The Morgan fingerprint density at radius 2 is 2.19 bits per heavy atom. The van der Waals surface area contributed by atoms with Crippen LogP contribution in [-0.4, -0.2) is 31.6 Å². The van der Waals surface area contributed by atoms with Crippen LogP contribution in [0, 0.1) is 0 Å². The number of hydrogen-bond donors (Lipinski definition) is 0. The molecule has 0 aliphatic carbocycles. The summed E-state index contributed by atoms with van der Waals surface area (Å²) in [6.07, 6.45) is 5.93. The van der Waals surface area contributed by atoms with Crippen LogP contribution in [0.25, 0.3) is 0 Å². The fourth-order valence-electron chi connectivity index (χ4n) is 1.70. The van der Waals surface area contributed by atoms with Crippen molar-refractivity contribution in [2.24, 2.45) is 0 Å². The van der Waals surface area contributed by atoms with Crippen LogP contribution >= 0.6 is 0 Å². The fourth-order valence-corrected chi connectivity index (χ4v) is 1.70. The summed E-state index contributed by atoms with van der Waals surface area (Å²) in [7, 11) is 1.60. The van der Waals surface area contributed by atoms with Gasteiger partial charge in [-0.1, -0.05) is 19.8 Å². The first-order chi connectivity index (χ1) is 7.67. The molecule has 0 aromatic rings. The van der Waals surface area contributed by atoms with Crippen molar-refractivity contribution < 1.29 is 19.0 Å². The Labute approximate surface area is 96.6 Å². The minimum Gasteiger partial charge on any atom is -0.456 e. The van der Waals surface area contributed by atoms with Gasteiger partial charge < -0.3 is 14.2 Å². The van der Waals surface area contributed by atoms with Gasteiger partial charge in [-0.15, -0.1) is 0 Å². The number of ether oxygens (including phenoxy) is 3. The molecule has 1 heterocycles. The Kier molecular flexibility index (Phi) is 5.49. The molecule has 0 radical (unpaired) electrons. The first-order valence-corrected chi connectivity index (χ1v) is 5.71. The molecule has 4 heteroatoms. The summed E-state index contributed by atoms with van der Waals surface area (Å²) in [6, 6.07) is 0. The lowest BCUT2D eigenvalue weighted by molar-refractivity contribution is -0.178. The zero-order valence-electron chi connectivity index (χ0n) is 10.1. The Bertz CT molecular complexity index is 249. The van der Waals surface area contributed by atoms with Crippen LogP contribution in [0.5, 0.6) is 0 Å². The summed E-state index contributed by atoms with van der Waals surface area (Å²) >= 11 is 0. The fraction of sp³-hybridized carbons (Fsp3) is 0.750. The highest BCUT2D eigenvalue weighted by Gasteiger charge is 2.28. The highest BCUT2D eigenvalue weighted by molar-refractivity contribution is 5.66. The van der Waals surface area contributed by atoms with Crippen LogP contribution in [-0.2, 0) is 19.0 Å². The molecule has 16 heavy (non-hydrogen) atoms. The van der Waals surface area contributed by atoms with Gasteiger partial charge in [-0.25, -0.2) is 0 Å². The summed E-state index contributed by atoms with van der Waals surface area (Å²) < 4.78 is 16.0. The monoisotopic (exact) mass is 228 g/mol. The summed E-state index contributed by atoms with van der Waals surface area (Å²) in [4.78, 5) is 10.9. The zero-order chi connectivity index (χ0) is 12.0. The number of methoxy groups -OCH3 is 1. The Morgan fingerprint density at radius 1 is 1.44 bits per heavy atom. The van der Waals surface area contributed by atoms with E-state index in [0.29, 0.717) is 0 Å². The van der Waals surface area contributed by atoms with Gasteiger partial charge in [0.2, 0.25) is 0 Å². The molecule has 1 rings (SSSR count).